The van der Waals surface area contributed by atoms with E-state index in [9.17, 15) is 5.11 Å². The lowest BCUT2D eigenvalue weighted by atomic mass is 10.1. The predicted molar refractivity (Wildman–Crippen MR) is 89.3 cm³/mol. The summed E-state index contributed by atoms with van der Waals surface area (Å²) >= 11 is 0. The van der Waals surface area contributed by atoms with Gasteiger partial charge < -0.3 is 19.7 Å². The van der Waals surface area contributed by atoms with Crippen LogP contribution in [0.3, 0.4) is 0 Å². The van der Waals surface area contributed by atoms with E-state index in [4.69, 9.17) is 9.26 Å². The second-order valence-corrected chi connectivity index (χ2v) is 6.18. The maximum Gasteiger partial charge on any atom is 0.140 e. The summed E-state index contributed by atoms with van der Waals surface area (Å²) in [5, 5.41) is 16.9. The molecule has 1 atom stereocenters. The topological polar surface area (TPSA) is 67.5 Å². The third-order valence-electron chi connectivity index (χ3n) is 3.94. The second-order valence-electron chi connectivity index (χ2n) is 6.18. The highest BCUT2D eigenvalue weighted by Crippen LogP contribution is 2.18. The molecule has 1 aromatic heterocycles. The summed E-state index contributed by atoms with van der Waals surface area (Å²) in [7, 11) is 0. The molecule has 0 saturated carbocycles. The fourth-order valence-electron chi connectivity index (χ4n) is 2.17. The third-order valence-corrected chi connectivity index (χ3v) is 3.94. The maximum atomic E-state index is 9.76. The molecule has 0 spiro atoms. The maximum absolute atomic E-state index is 9.76. The molecule has 126 valence electrons. The minimum absolute atomic E-state index is 0.266. The molecule has 1 aromatic carbocycles. The summed E-state index contributed by atoms with van der Waals surface area (Å²) in [6.45, 7) is 9.61. The average Bonchev–Trinajstić information content (AvgIpc) is 2.85. The molecule has 0 aliphatic heterocycles. The van der Waals surface area contributed by atoms with Crippen LogP contribution >= 0.6 is 0 Å². The van der Waals surface area contributed by atoms with Gasteiger partial charge in [-0.3, -0.25) is 0 Å². The van der Waals surface area contributed by atoms with Crippen molar-refractivity contribution >= 4 is 0 Å². The number of aliphatic hydroxyl groups excluding tert-OH is 1. The van der Waals surface area contributed by atoms with Gasteiger partial charge in [0.1, 0.15) is 18.1 Å². The first-order chi connectivity index (χ1) is 11.0. The molecule has 0 fully saturated rings. The van der Waals surface area contributed by atoms with E-state index in [0.29, 0.717) is 13.2 Å². The Morgan fingerprint density at radius 3 is 2.48 bits per heavy atom. The van der Waals surface area contributed by atoms with E-state index in [1.54, 1.807) is 0 Å². The highest BCUT2D eigenvalue weighted by Gasteiger charge is 2.10. The molecule has 0 saturated heterocycles. The van der Waals surface area contributed by atoms with Crippen molar-refractivity contribution in [3.05, 3.63) is 46.8 Å². The van der Waals surface area contributed by atoms with Crippen LogP contribution in [0.2, 0.25) is 0 Å². The van der Waals surface area contributed by atoms with Gasteiger partial charge in [0.25, 0.3) is 0 Å². The van der Waals surface area contributed by atoms with Gasteiger partial charge in [-0.15, -0.1) is 0 Å². The summed E-state index contributed by atoms with van der Waals surface area (Å²) in [5.41, 5.74) is 3.02. The lowest BCUT2D eigenvalue weighted by Crippen LogP contribution is -2.30. The van der Waals surface area contributed by atoms with E-state index in [-0.39, 0.29) is 12.0 Å². The molecule has 23 heavy (non-hydrogen) atoms. The van der Waals surface area contributed by atoms with Crippen LogP contribution in [0.1, 0.15) is 36.4 Å². The molecule has 0 aliphatic carbocycles. The number of aromatic nitrogens is 1. The van der Waals surface area contributed by atoms with Crippen LogP contribution in [0.4, 0.5) is 0 Å². The molecule has 2 aromatic rings. The second kappa shape index (κ2) is 8.13. The largest absolute Gasteiger partial charge is 0.489 e. The molecule has 5 nitrogen and oxygen atoms in total. The van der Waals surface area contributed by atoms with Gasteiger partial charge in [-0.1, -0.05) is 31.1 Å². The van der Waals surface area contributed by atoms with E-state index < -0.39 is 0 Å². The van der Waals surface area contributed by atoms with Gasteiger partial charge in [0.15, 0.2) is 0 Å². The minimum atomic E-state index is -0.312. The van der Waals surface area contributed by atoms with Gasteiger partial charge in [-0.2, -0.15) is 0 Å². The van der Waals surface area contributed by atoms with Crippen LogP contribution < -0.4 is 10.1 Å². The Kier molecular flexibility index (Phi) is 6.19. The van der Waals surface area contributed by atoms with E-state index >= 15 is 0 Å². The Bertz CT molecular complexity index is 586. The smallest absolute Gasteiger partial charge is 0.140 e. The highest BCUT2D eigenvalue weighted by atomic mass is 16.5. The number of nitrogens with one attached hydrogen (secondary N) is 1. The molecule has 1 unspecified atom stereocenters. The standard InChI is InChI=1S/C18H26N2O3/c1-12(2)18(21)10-19-9-15-5-7-16(8-6-15)22-11-17-13(3)20-23-14(17)4/h5-8,12,18-19,21H,9-11H2,1-4H3. The first-order valence-electron chi connectivity index (χ1n) is 7.99. The monoisotopic (exact) mass is 318 g/mol. The highest BCUT2D eigenvalue weighted by molar-refractivity contribution is 5.28. The number of aliphatic hydroxyl groups is 1. The molecular weight excluding hydrogens is 292 g/mol. The van der Waals surface area contributed by atoms with E-state index in [1.165, 1.54) is 0 Å². The Morgan fingerprint density at radius 1 is 1.22 bits per heavy atom. The summed E-state index contributed by atoms with van der Waals surface area (Å²) < 4.78 is 10.9. The van der Waals surface area contributed by atoms with Crippen molar-refractivity contribution in [2.75, 3.05) is 6.54 Å². The van der Waals surface area contributed by atoms with Gasteiger partial charge >= 0.3 is 0 Å². The van der Waals surface area contributed by atoms with Crippen LogP contribution in [0.25, 0.3) is 0 Å². The molecule has 1 heterocycles. The molecular formula is C18H26N2O3. The first-order valence-corrected chi connectivity index (χ1v) is 7.99. The Balaban J connectivity index is 1.80. The van der Waals surface area contributed by atoms with Crippen molar-refractivity contribution in [2.45, 2.75) is 47.0 Å². The zero-order valence-electron chi connectivity index (χ0n) is 14.3. The van der Waals surface area contributed by atoms with E-state index in [0.717, 1.165) is 34.9 Å². The summed E-state index contributed by atoms with van der Waals surface area (Å²) in [6.07, 6.45) is -0.312. The number of benzene rings is 1. The van der Waals surface area contributed by atoms with Crippen molar-refractivity contribution in [1.29, 1.82) is 0 Å². The van der Waals surface area contributed by atoms with Crippen molar-refractivity contribution in [2.24, 2.45) is 5.92 Å². The Hall–Kier alpha value is -1.85. The zero-order valence-corrected chi connectivity index (χ0v) is 14.3. The van der Waals surface area contributed by atoms with Crippen LogP contribution in [-0.4, -0.2) is 22.9 Å². The Morgan fingerprint density at radius 2 is 1.91 bits per heavy atom. The fraction of sp³-hybridized carbons (Fsp3) is 0.500. The summed E-state index contributed by atoms with van der Waals surface area (Å²) in [4.78, 5) is 0. The quantitative estimate of drug-likeness (QED) is 0.783. The molecule has 0 bridgehead atoms. The molecule has 2 N–H and O–H groups in total. The lowest BCUT2D eigenvalue weighted by Gasteiger charge is -2.15. The van der Waals surface area contributed by atoms with Crippen molar-refractivity contribution < 1.29 is 14.4 Å². The van der Waals surface area contributed by atoms with E-state index in [1.807, 2.05) is 52.0 Å². The number of hydrogen-bond acceptors (Lipinski definition) is 5. The molecule has 2 rings (SSSR count). The predicted octanol–water partition coefficient (Wildman–Crippen LogP) is 2.98. The molecule has 5 heteroatoms. The van der Waals surface area contributed by atoms with Crippen LogP contribution in [0.5, 0.6) is 5.75 Å². The minimum Gasteiger partial charge on any atom is -0.489 e. The number of rotatable bonds is 8. The Labute approximate surface area is 137 Å². The zero-order chi connectivity index (χ0) is 16.8. The van der Waals surface area contributed by atoms with Gasteiger partial charge in [0, 0.05) is 13.1 Å². The van der Waals surface area contributed by atoms with Crippen molar-refractivity contribution in [3.8, 4) is 5.75 Å². The van der Waals surface area contributed by atoms with Crippen LogP contribution in [-0.2, 0) is 13.2 Å². The fourth-order valence-corrected chi connectivity index (χ4v) is 2.17. The summed E-state index contributed by atoms with van der Waals surface area (Å²) in [6, 6.07) is 7.96. The average molecular weight is 318 g/mol. The first kappa shape index (κ1) is 17.5. The number of aryl methyl sites for hydroxylation is 2. The van der Waals surface area contributed by atoms with E-state index in [2.05, 4.69) is 10.5 Å². The third kappa shape index (κ3) is 5.08. The number of hydrogen-bond donors (Lipinski definition) is 2. The lowest BCUT2D eigenvalue weighted by molar-refractivity contribution is 0.123. The van der Waals surface area contributed by atoms with Gasteiger partial charge in [0.2, 0.25) is 0 Å². The van der Waals surface area contributed by atoms with Crippen LogP contribution in [0.15, 0.2) is 28.8 Å². The molecule has 0 radical (unpaired) electrons. The summed E-state index contributed by atoms with van der Waals surface area (Å²) in [5.74, 6) is 1.88. The van der Waals surface area contributed by atoms with Gasteiger partial charge in [0.05, 0.1) is 17.4 Å². The number of nitrogens with zero attached hydrogens (tertiary/aromatic N) is 1. The van der Waals surface area contributed by atoms with Crippen molar-refractivity contribution in [3.63, 3.8) is 0 Å². The normalized spacial score (nSPS) is 12.6. The van der Waals surface area contributed by atoms with Gasteiger partial charge in [-0.25, -0.2) is 0 Å². The van der Waals surface area contributed by atoms with Gasteiger partial charge in [-0.05, 0) is 37.5 Å². The van der Waals surface area contributed by atoms with Crippen molar-refractivity contribution in [1.82, 2.24) is 10.5 Å². The number of ether oxygens (including phenoxy) is 1. The molecule has 0 amide bonds. The molecule has 0 aliphatic rings. The van der Waals surface area contributed by atoms with Crippen LogP contribution in [0, 0.1) is 19.8 Å². The SMILES string of the molecule is Cc1noc(C)c1COc1ccc(CNCC(O)C(C)C)cc1.